The standard InChI is InChI=1S/C17H24N2O4/c1-18-15(20)10-17(22)8-5-9-19(13-17)16(21)12-23-11-14-6-3-2-4-7-14/h2-4,6-7,22H,5,8-13H2,1H3,(H,18,20). The quantitative estimate of drug-likeness (QED) is 0.808. The molecule has 1 unspecified atom stereocenters. The van der Waals surface area contributed by atoms with Gasteiger partial charge >= 0.3 is 0 Å². The molecule has 2 N–H and O–H groups in total. The third-order valence-corrected chi connectivity index (χ3v) is 4.01. The molecule has 1 aliphatic heterocycles. The van der Waals surface area contributed by atoms with Gasteiger partial charge in [0.05, 0.1) is 18.6 Å². The first kappa shape index (κ1) is 17.4. The van der Waals surface area contributed by atoms with Crippen LogP contribution in [0.3, 0.4) is 0 Å². The van der Waals surface area contributed by atoms with Gasteiger partial charge in [-0.1, -0.05) is 30.3 Å². The van der Waals surface area contributed by atoms with Gasteiger partial charge in [-0.15, -0.1) is 0 Å². The van der Waals surface area contributed by atoms with E-state index in [0.717, 1.165) is 5.56 Å². The molecule has 1 saturated heterocycles. The second-order valence-corrected chi connectivity index (χ2v) is 5.97. The maximum Gasteiger partial charge on any atom is 0.248 e. The summed E-state index contributed by atoms with van der Waals surface area (Å²) in [6.45, 7) is 1.12. The fourth-order valence-corrected chi connectivity index (χ4v) is 2.78. The molecule has 6 heteroatoms. The molecular weight excluding hydrogens is 296 g/mol. The lowest BCUT2D eigenvalue weighted by atomic mass is 9.89. The number of hydrogen-bond donors (Lipinski definition) is 2. The monoisotopic (exact) mass is 320 g/mol. The van der Waals surface area contributed by atoms with Crippen LogP contribution in [0.2, 0.25) is 0 Å². The van der Waals surface area contributed by atoms with Crippen LogP contribution in [0.5, 0.6) is 0 Å². The van der Waals surface area contributed by atoms with Crippen molar-refractivity contribution >= 4 is 11.8 Å². The molecule has 2 amide bonds. The molecule has 0 bridgehead atoms. The van der Waals surface area contributed by atoms with Crippen molar-refractivity contribution in [2.45, 2.75) is 31.5 Å². The van der Waals surface area contributed by atoms with Crippen LogP contribution in [0.15, 0.2) is 30.3 Å². The maximum absolute atomic E-state index is 12.2. The van der Waals surface area contributed by atoms with Crippen molar-refractivity contribution in [3.8, 4) is 0 Å². The third kappa shape index (κ3) is 5.33. The van der Waals surface area contributed by atoms with E-state index in [2.05, 4.69) is 5.32 Å². The second-order valence-electron chi connectivity index (χ2n) is 5.97. The summed E-state index contributed by atoms with van der Waals surface area (Å²) in [6, 6.07) is 9.64. The SMILES string of the molecule is CNC(=O)CC1(O)CCCN(C(=O)COCc2ccccc2)C1. The summed E-state index contributed by atoms with van der Waals surface area (Å²) in [5, 5.41) is 13.0. The topological polar surface area (TPSA) is 78.9 Å². The van der Waals surface area contributed by atoms with Crippen molar-refractivity contribution in [2.24, 2.45) is 0 Å². The molecule has 0 aliphatic carbocycles. The Morgan fingerprint density at radius 2 is 2.09 bits per heavy atom. The molecule has 0 aromatic heterocycles. The van der Waals surface area contributed by atoms with Crippen LogP contribution in [0.4, 0.5) is 0 Å². The Kier molecular flexibility index (Phi) is 6.12. The number of ether oxygens (including phenoxy) is 1. The first-order chi connectivity index (χ1) is 11.0. The minimum atomic E-state index is -1.15. The van der Waals surface area contributed by atoms with E-state index in [0.29, 0.717) is 26.0 Å². The van der Waals surface area contributed by atoms with E-state index in [1.165, 1.54) is 7.05 Å². The van der Waals surface area contributed by atoms with Crippen LogP contribution in [0, 0.1) is 0 Å². The van der Waals surface area contributed by atoms with Crippen molar-refractivity contribution < 1.29 is 19.4 Å². The van der Waals surface area contributed by atoms with E-state index in [-0.39, 0.29) is 31.4 Å². The summed E-state index contributed by atoms with van der Waals surface area (Å²) in [7, 11) is 1.54. The van der Waals surface area contributed by atoms with Gasteiger partial charge in [0.25, 0.3) is 0 Å². The summed E-state index contributed by atoms with van der Waals surface area (Å²) in [6.07, 6.45) is 1.21. The highest BCUT2D eigenvalue weighted by Crippen LogP contribution is 2.24. The van der Waals surface area contributed by atoms with Crippen molar-refractivity contribution in [2.75, 3.05) is 26.7 Å². The van der Waals surface area contributed by atoms with E-state index in [1.807, 2.05) is 30.3 Å². The minimum absolute atomic E-state index is 0.0121. The highest BCUT2D eigenvalue weighted by molar-refractivity contribution is 5.79. The lowest BCUT2D eigenvalue weighted by Crippen LogP contribution is -2.52. The number of hydrogen-bond acceptors (Lipinski definition) is 4. The lowest BCUT2D eigenvalue weighted by molar-refractivity contribution is -0.146. The summed E-state index contributed by atoms with van der Waals surface area (Å²) >= 11 is 0. The average molecular weight is 320 g/mol. The fraction of sp³-hybridized carbons (Fsp3) is 0.529. The number of β-amino-alcohol motifs (C(OH)–C–C–N with tert-alkyl or cyclic N) is 1. The first-order valence-corrected chi connectivity index (χ1v) is 7.85. The van der Waals surface area contributed by atoms with Crippen LogP contribution in [0.25, 0.3) is 0 Å². The van der Waals surface area contributed by atoms with Crippen molar-refractivity contribution in [3.05, 3.63) is 35.9 Å². The van der Waals surface area contributed by atoms with Gasteiger partial charge in [0.15, 0.2) is 0 Å². The number of benzene rings is 1. The molecule has 1 aromatic rings. The van der Waals surface area contributed by atoms with Crippen LogP contribution >= 0.6 is 0 Å². The highest BCUT2D eigenvalue weighted by Gasteiger charge is 2.36. The molecule has 1 aliphatic rings. The summed E-state index contributed by atoms with van der Waals surface area (Å²) < 4.78 is 5.45. The van der Waals surface area contributed by atoms with Gasteiger partial charge in [-0.2, -0.15) is 0 Å². The highest BCUT2D eigenvalue weighted by atomic mass is 16.5. The molecule has 0 radical (unpaired) electrons. The van der Waals surface area contributed by atoms with Gasteiger partial charge in [-0.3, -0.25) is 9.59 Å². The van der Waals surface area contributed by atoms with Crippen LogP contribution in [-0.2, 0) is 20.9 Å². The Hall–Kier alpha value is -1.92. The van der Waals surface area contributed by atoms with Crippen molar-refractivity contribution in [3.63, 3.8) is 0 Å². The van der Waals surface area contributed by atoms with Crippen molar-refractivity contribution in [1.29, 1.82) is 0 Å². The first-order valence-electron chi connectivity index (χ1n) is 7.85. The predicted octanol–water partition coefficient (Wildman–Crippen LogP) is 0.693. The zero-order valence-electron chi connectivity index (χ0n) is 13.5. The van der Waals surface area contributed by atoms with Crippen LogP contribution in [-0.4, -0.2) is 54.2 Å². The average Bonchev–Trinajstić information content (AvgIpc) is 2.55. The smallest absolute Gasteiger partial charge is 0.248 e. The molecule has 1 aromatic carbocycles. The third-order valence-electron chi connectivity index (χ3n) is 4.01. The molecule has 0 spiro atoms. The van der Waals surface area contributed by atoms with E-state index >= 15 is 0 Å². The zero-order valence-corrected chi connectivity index (χ0v) is 13.5. The van der Waals surface area contributed by atoms with Gasteiger partial charge in [0.2, 0.25) is 11.8 Å². The van der Waals surface area contributed by atoms with Crippen LogP contribution < -0.4 is 5.32 Å². The molecule has 1 atom stereocenters. The molecular formula is C17H24N2O4. The number of aliphatic hydroxyl groups is 1. The van der Waals surface area contributed by atoms with E-state index < -0.39 is 5.60 Å². The van der Waals surface area contributed by atoms with Gasteiger partial charge in [-0.05, 0) is 18.4 Å². The Labute approximate surface area is 136 Å². The predicted molar refractivity (Wildman–Crippen MR) is 85.5 cm³/mol. The number of nitrogens with one attached hydrogen (secondary N) is 1. The van der Waals surface area contributed by atoms with Gasteiger partial charge in [0, 0.05) is 20.1 Å². The number of amides is 2. The number of rotatable bonds is 6. The van der Waals surface area contributed by atoms with E-state index in [1.54, 1.807) is 4.90 Å². The number of carbonyl (C=O) groups is 2. The maximum atomic E-state index is 12.2. The van der Waals surface area contributed by atoms with Gasteiger partial charge in [0.1, 0.15) is 6.61 Å². The Bertz CT molecular complexity index is 535. The summed E-state index contributed by atoms with van der Waals surface area (Å²) in [5.74, 6) is -0.377. The largest absolute Gasteiger partial charge is 0.388 e. The Morgan fingerprint density at radius 3 is 2.78 bits per heavy atom. The van der Waals surface area contributed by atoms with Gasteiger partial charge in [-0.25, -0.2) is 0 Å². The minimum Gasteiger partial charge on any atom is -0.388 e. The number of likely N-dealkylation sites (tertiary alicyclic amines) is 1. The Balaban J connectivity index is 1.81. The Morgan fingerprint density at radius 1 is 1.35 bits per heavy atom. The fourth-order valence-electron chi connectivity index (χ4n) is 2.78. The van der Waals surface area contributed by atoms with Gasteiger partial charge < -0.3 is 20.1 Å². The normalized spacial score (nSPS) is 21.0. The number of piperidine rings is 1. The molecule has 2 rings (SSSR count). The molecule has 0 saturated carbocycles. The summed E-state index contributed by atoms with van der Waals surface area (Å²) in [5.41, 5.74) is -0.136. The van der Waals surface area contributed by atoms with E-state index in [4.69, 9.17) is 4.74 Å². The lowest BCUT2D eigenvalue weighted by Gasteiger charge is -2.38. The van der Waals surface area contributed by atoms with Crippen LogP contribution in [0.1, 0.15) is 24.8 Å². The number of carbonyl (C=O) groups excluding carboxylic acids is 2. The van der Waals surface area contributed by atoms with Crippen molar-refractivity contribution in [1.82, 2.24) is 10.2 Å². The summed E-state index contributed by atoms with van der Waals surface area (Å²) in [4.78, 5) is 25.3. The molecule has 126 valence electrons. The molecule has 6 nitrogen and oxygen atoms in total. The molecule has 23 heavy (non-hydrogen) atoms. The zero-order chi connectivity index (χ0) is 16.7. The molecule has 1 heterocycles. The number of nitrogens with zero attached hydrogens (tertiary/aromatic N) is 1. The molecule has 1 fully saturated rings. The van der Waals surface area contributed by atoms with E-state index in [9.17, 15) is 14.7 Å². The second kappa shape index (κ2) is 8.08.